The molecule has 0 amide bonds. The van der Waals surface area contributed by atoms with E-state index in [4.69, 9.17) is 56.8 Å². The monoisotopic (exact) mass is 644 g/mol. The van der Waals surface area contributed by atoms with E-state index in [0.717, 1.165) is 6.42 Å². The molecule has 0 aliphatic carbocycles. The van der Waals surface area contributed by atoms with Crippen LogP contribution in [-0.4, -0.2) is 171 Å². The zero-order valence-electron chi connectivity index (χ0n) is 26.8. The van der Waals surface area contributed by atoms with E-state index < -0.39 is 5.97 Å². The summed E-state index contributed by atoms with van der Waals surface area (Å²) < 4.78 is 68.6. The summed E-state index contributed by atoms with van der Waals surface area (Å²) in [4.78, 5) is 22.0. The molecule has 15 nitrogen and oxygen atoms in total. The van der Waals surface area contributed by atoms with Gasteiger partial charge in [0.15, 0.2) is 0 Å². The van der Waals surface area contributed by atoms with Gasteiger partial charge in [0.25, 0.3) is 0 Å². The highest BCUT2D eigenvalue weighted by Crippen LogP contribution is 1.91. The van der Waals surface area contributed by atoms with Crippen LogP contribution in [0.4, 0.5) is 0 Å². The van der Waals surface area contributed by atoms with Crippen LogP contribution in [-0.2, 0) is 71.2 Å². The fraction of sp³-hybridized carbons (Fsp3) is 0.931. The molecule has 44 heavy (non-hydrogen) atoms. The van der Waals surface area contributed by atoms with Crippen LogP contribution < -0.4 is 0 Å². The van der Waals surface area contributed by atoms with Gasteiger partial charge in [0, 0.05) is 6.42 Å². The van der Waals surface area contributed by atoms with E-state index >= 15 is 0 Å². The SMILES string of the molecule is CCCC(=O)OCCOCCOCCOCCOCCOCCOCCOCCOCCOCCOCCOCC(=O)OC. The molecule has 0 spiro atoms. The maximum absolute atomic E-state index is 11.2. The van der Waals surface area contributed by atoms with E-state index in [2.05, 4.69) is 4.74 Å². The summed E-state index contributed by atoms with van der Waals surface area (Å²) in [6.07, 6.45) is 1.22. The summed E-state index contributed by atoms with van der Waals surface area (Å²) in [5.41, 5.74) is 0. The lowest BCUT2D eigenvalue weighted by molar-refractivity contribution is -0.146. The predicted octanol–water partition coefficient (Wildman–Crippen LogP) is 0.685. The van der Waals surface area contributed by atoms with Gasteiger partial charge in [-0.3, -0.25) is 4.79 Å². The third-order valence-corrected chi connectivity index (χ3v) is 5.11. The summed E-state index contributed by atoms with van der Waals surface area (Å²) in [6.45, 7) is 11.8. The van der Waals surface area contributed by atoms with Gasteiger partial charge < -0.3 is 61.6 Å². The molecular formula is C29H56O15. The Kier molecular flexibility index (Phi) is 36.4. The van der Waals surface area contributed by atoms with Gasteiger partial charge in [-0.1, -0.05) is 6.92 Å². The molecule has 0 bridgehead atoms. The Morgan fingerprint density at radius 1 is 0.364 bits per heavy atom. The predicted molar refractivity (Wildman–Crippen MR) is 157 cm³/mol. The van der Waals surface area contributed by atoms with Gasteiger partial charge in [-0.05, 0) is 6.42 Å². The Hall–Kier alpha value is -1.50. The Morgan fingerprint density at radius 3 is 0.864 bits per heavy atom. The first kappa shape index (κ1) is 42.5. The lowest BCUT2D eigenvalue weighted by Crippen LogP contribution is -2.16. The summed E-state index contributed by atoms with van der Waals surface area (Å²) in [6, 6.07) is 0. The van der Waals surface area contributed by atoms with Crippen molar-refractivity contribution in [2.75, 3.05) is 159 Å². The maximum atomic E-state index is 11.2. The molecule has 262 valence electrons. The number of carbonyl (C=O) groups excluding carboxylic acids is 2. The van der Waals surface area contributed by atoms with E-state index in [1.165, 1.54) is 7.11 Å². The standard InChI is InChI=1S/C29H56O15/c1-3-4-28(30)44-26-25-42-22-21-40-18-17-38-14-13-36-10-9-34-6-5-33-7-8-35-11-12-37-15-16-39-19-20-41-23-24-43-27-29(31)32-2/h3-27H2,1-2H3. The molecule has 0 fully saturated rings. The van der Waals surface area contributed by atoms with Crippen molar-refractivity contribution in [3.63, 3.8) is 0 Å². The van der Waals surface area contributed by atoms with Gasteiger partial charge in [0.1, 0.15) is 13.2 Å². The topological polar surface area (TPSA) is 154 Å². The second-order valence-corrected chi connectivity index (χ2v) is 8.72. The fourth-order valence-electron chi connectivity index (χ4n) is 2.90. The van der Waals surface area contributed by atoms with Crippen LogP contribution in [0, 0.1) is 0 Å². The van der Waals surface area contributed by atoms with E-state index in [9.17, 15) is 9.59 Å². The number of methoxy groups -OCH3 is 1. The first-order valence-corrected chi connectivity index (χ1v) is 15.3. The number of rotatable bonds is 37. The number of hydrogen-bond donors (Lipinski definition) is 0. The normalized spacial score (nSPS) is 11.2. The van der Waals surface area contributed by atoms with Crippen molar-refractivity contribution in [3.05, 3.63) is 0 Å². The van der Waals surface area contributed by atoms with E-state index in [-0.39, 0.29) is 19.2 Å². The average molecular weight is 645 g/mol. The van der Waals surface area contributed by atoms with Gasteiger partial charge in [-0.2, -0.15) is 0 Å². The summed E-state index contributed by atoms with van der Waals surface area (Å²) >= 11 is 0. The lowest BCUT2D eigenvalue weighted by atomic mass is 10.3. The van der Waals surface area contributed by atoms with Crippen LogP contribution in [0.1, 0.15) is 19.8 Å². The second kappa shape index (κ2) is 37.7. The number of hydrogen-bond acceptors (Lipinski definition) is 15. The van der Waals surface area contributed by atoms with Crippen LogP contribution in [0.2, 0.25) is 0 Å². The molecule has 0 saturated carbocycles. The van der Waals surface area contributed by atoms with Crippen LogP contribution >= 0.6 is 0 Å². The largest absolute Gasteiger partial charge is 0.467 e. The average Bonchev–Trinajstić information content (AvgIpc) is 3.02. The van der Waals surface area contributed by atoms with Gasteiger partial charge in [0.05, 0.1) is 146 Å². The maximum Gasteiger partial charge on any atom is 0.331 e. The minimum atomic E-state index is -0.411. The molecule has 0 rings (SSSR count). The van der Waals surface area contributed by atoms with Crippen molar-refractivity contribution in [1.29, 1.82) is 0 Å². The first-order valence-electron chi connectivity index (χ1n) is 15.3. The van der Waals surface area contributed by atoms with E-state index in [1.54, 1.807) is 0 Å². The van der Waals surface area contributed by atoms with Crippen molar-refractivity contribution >= 4 is 11.9 Å². The molecule has 0 aliphatic rings. The number of ether oxygens (including phenoxy) is 13. The zero-order chi connectivity index (χ0) is 32.0. The van der Waals surface area contributed by atoms with Gasteiger partial charge in [-0.15, -0.1) is 0 Å². The summed E-state index contributed by atoms with van der Waals surface area (Å²) in [5.74, 6) is -0.603. The van der Waals surface area contributed by atoms with E-state index in [1.807, 2.05) is 6.92 Å². The van der Waals surface area contributed by atoms with Crippen molar-refractivity contribution in [2.45, 2.75) is 19.8 Å². The molecule has 0 heterocycles. The van der Waals surface area contributed by atoms with Gasteiger partial charge in [0.2, 0.25) is 0 Å². The minimum Gasteiger partial charge on any atom is -0.467 e. The highest BCUT2D eigenvalue weighted by Gasteiger charge is 2.01. The van der Waals surface area contributed by atoms with Gasteiger partial charge in [-0.25, -0.2) is 4.79 Å². The molecular weight excluding hydrogens is 588 g/mol. The Labute approximate surface area is 262 Å². The Morgan fingerprint density at radius 2 is 0.614 bits per heavy atom. The van der Waals surface area contributed by atoms with Gasteiger partial charge >= 0.3 is 11.9 Å². The summed E-state index contributed by atoms with van der Waals surface area (Å²) in [7, 11) is 1.31. The highest BCUT2D eigenvalue weighted by molar-refractivity contribution is 5.70. The molecule has 0 atom stereocenters. The molecule has 0 aliphatic heterocycles. The molecule has 0 aromatic heterocycles. The Balaban J connectivity index is 3.07. The molecule has 15 heteroatoms. The molecule has 0 radical (unpaired) electrons. The fourth-order valence-corrected chi connectivity index (χ4v) is 2.90. The minimum absolute atomic E-state index is 0.0733. The smallest absolute Gasteiger partial charge is 0.331 e. The molecule has 0 aromatic carbocycles. The molecule has 0 saturated heterocycles. The van der Waals surface area contributed by atoms with Crippen LogP contribution in [0.15, 0.2) is 0 Å². The van der Waals surface area contributed by atoms with Crippen molar-refractivity contribution in [2.24, 2.45) is 0 Å². The summed E-state index contributed by atoms with van der Waals surface area (Å²) in [5, 5.41) is 0. The second-order valence-electron chi connectivity index (χ2n) is 8.72. The quantitative estimate of drug-likeness (QED) is 0.0687. The number of esters is 2. The Bertz CT molecular complexity index is 597. The lowest BCUT2D eigenvalue weighted by Gasteiger charge is -2.09. The third-order valence-electron chi connectivity index (χ3n) is 5.11. The van der Waals surface area contributed by atoms with Crippen molar-refractivity contribution in [3.8, 4) is 0 Å². The van der Waals surface area contributed by atoms with Crippen molar-refractivity contribution < 1.29 is 71.2 Å². The number of carbonyl (C=O) groups is 2. The van der Waals surface area contributed by atoms with Crippen molar-refractivity contribution in [1.82, 2.24) is 0 Å². The molecule has 0 N–H and O–H groups in total. The highest BCUT2D eigenvalue weighted by atomic mass is 16.6. The molecule has 0 aromatic rings. The zero-order valence-corrected chi connectivity index (χ0v) is 26.8. The van der Waals surface area contributed by atoms with Crippen LogP contribution in [0.5, 0.6) is 0 Å². The third kappa shape index (κ3) is 36.7. The first-order chi connectivity index (χ1) is 21.7. The molecule has 0 unspecified atom stereocenters. The van der Waals surface area contributed by atoms with E-state index in [0.29, 0.717) is 145 Å². The van der Waals surface area contributed by atoms with Crippen LogP contribution in [0.25, 0.3) is 0 Å². The van der Waals surface area contributed by atoms with Crippen LogP contribution in [0.3, 0.4) is 0 Å².